The van der Waals surface area contributed by atoms with Crippen molar-refractivity contribution < 1.29 is 0 Å². The lowest BCUT2D eigenvalue weighted by molar-refractivity contribution is 0.332. The molecule has 1 heteroatoms. The van der Waals surface area contributed by atoms with E-state index in [0.717, 1.165) is 17.1 Å². The fraction of sp³-hybridized carbons (Fsp3) is 0.190. The molecule has 6 aromatic rings. The van der Waals surface area contributed by atoms with Gasteiger partial charge in [0, 0.05) is 16.9 Å². The van der Waals surface area contributed by atoms with Crippen molar-refractivity contribution in [3.63, 3.8) is 0 Å². The smallest absolute Gasteiger partial charge is 0.0540 e. The van der Waals surface area contributed by atoms with Gasteiger partial charge in [-0.1, -0.05) is 131 Å². The number of anilines is 3. The highest BCUT2D eigenvalue weighted by molar-refractivity contribution is 5.92. The summed E-state index contributed by atoms with van der Waals surface area (Å²) in [5.41, 5.74) is 11.7. The normalized spacial score (nSPS) is 15.2. The second-order valence-corrected chi connectivity index (χ2v) is 13.3. The summed E-state index contributed by atoms with van der Waals surface area (Å²) in [4.78, 5) is 2.38. The van der Waals surface area contributed by atoms with E-state index in [2.05, 4.69) is 172 Å². The van der Waals surface area contributed by atoms with Crippen molar-refractivity contribution in [1.82, 2.24) is 0 Å². The zero-order chi connectivity index (χ0) is 29.6. The Bertz CT molecular complexity index is 1910. The monoisotopic (exact) mass is 557 g/mol. The summed E-state index contributed by atoms with van der Waals surface area (Å²) in [5, 5.41) is 2.65. The van der Waals surface area contributed by atoms with Gasteiger partial charge in [-0.25, -0.2) is 0 Å². The average molecular weight is 558 g/mol. The maximum absolute atomic E-state index is 2.48. The maximum Gasteiger partial charge on any atom is 0.0540 e. The van der Waals surface area contributed by atoms with Gasteiger partial charge in [0.25, 0.3) is 0 Å². The molecule has 1 aliphatic carbocycles. The maximum atomic E-state index is 2.48. The van der Waals surface area contributed by atoms with Crippen LogP contribution in [0.2, 0.25) is 0 Å². The summed E-state index contributed by atoms with van der Waals surface area (Å²) < 4.78 is 0. The minimum absolute atomic E-state index is 0.192. The van der Waals surface area contributed by atoms with Gasteiger partial charge in [-0.2, -0.15) is 0 Å². The van der Waals surface area contributed by atoms with Crippen LogP contribution in [-0.4, -0.2) is 0 Å². The first kappa shape index (κ1) is 27.2. The van der Waals surface area contributed by atoms with E-state index in [0.29, 0.717) is 0 Å². The number of fused-ring (bicyclic) bond motifs is 2. The zero-order valence-electron chi connectivity index (χ0n) is 25.6. The van der Waals surface area contributed by atoms with Gasteiger partial charge in [0.15, 0.2) is 0 Å². The van der Waals surface area contributed by atoms with E-state index in [1.807, 2.05) is 0 Å². The van der Waals surface area contributed by atoms with E-state index < -0.39 is 0 Å². The Labute approximate surface area is 256 Å². The van der Waals surface area contributed by atoms with Crippen LogP contribution < -0.4 is 4.90 Å². The molecule has 0 spiro atoms. The number of hydrogen-bond acceptors (Lipinski definition) is 1. The lowest BCUT2D eigenvalue weighted by Gasteiger charge is -2.42. The van der Waals surface area contributed by atoms with Gasteiger partial charge in [-0.05, 0) is 98.7 Å². The molecule has 0 radical (unpaired) electrons. The zero-order valence-corrected chi connectivity index (χ0v) is 25.6. The molecule has 6 aromatic carbocycles. The van der Waals surface area contributed by atoms with Crippen LogP contribution in [0.15, 0.2) is 140 Å². The second-order valence-electron chi connectivity index (χ2n) is 13.3. The highest BCUT2D eigenvalue weighted by atomic mass is 15.1. The first-order chi connectivity index (χ1) is 20.8. The van der Waals surface area contributed by atoms with Crippen molar-refractivity contribution in [2.24, 2.45) is 0 Å². The third kappa shape index (κ3) is 5.04. The molecule has 0 N–H and O–H groups in total. The molecule has 1 nitrogen and oxygen atoms in total. The van der Waals surface area contributed by atoms with Gasteiger partial charge < -0.3 is 4.90 Å². The Morgan fingerprint density at radius 3 is 1.72 bits per heavy atom. The summed E-state index contributed by atoms with van der Waals surface area (Å²) in [5.74, 6) is 0. The number of rotatable bonds is 5. The standard InChI is InChI=1S/C42H39N/c1-41(2)24-25-42(3,4)39-29-34-26-32(22-23-33(34)28-38(39)41)31-16-13-19-36(27-31)43(35-17-9-6-10-18-35)40-21-12-11-20-37(40)30-14-7-5-8-15-30/h5-23,26-29H,24-25H2,1-4H3. The van der Waals surface area contributed by atoms with Gasteiger partial charge in [-0.3, -0.25) is 0 Å². The van der Waals surface area contributed by atoms with E-state index in [-0.39, 0.29) is 10.8 Å². The largest absolute Gasteiger partial charge is 0.310 e. The van der Waals surface area contributed by atoms with E-state index in [1.165, 1.54) is 57.0 Å². The molecule has 0 aliphatic heterocycles. The van der Waals surface area contributed by atoms with Crippen LogP contribution in [0, 0.1) is 0 Å². The van der Waals surface area contributed by atoms with Crippen LogP contribution >= 0.6 is 0 Å². The first-order valence-electron chi connectivity index (χ1n) is 15.5. The first-order valence-corrected chi connectivity index (χ1v) is 15.5. The summed E-state index contributed by atoms with van der Waals surface area (Å²) in [6.07, 6.45) is 2.45. The summed E-state index contributed by atoms with van der Waals surface area (Å²) in [7, 11) is 0. The predicted molar refractivity (Wildman–Crippen MR) is 185 cm³/mol. The SMILES string of the molecule is CC1(C)CCC(C)(C)c2cc3cc(-c4cccc(N(c5ccccc5)c5ccccc5-c5ccccc5)c4)ccc3cc21. The molecule has 0 saturated carbocycles. The van der Waals surface area contributed by atoms with Gasteiger partial charge in [0.1, 0.15) is 0 Å². The summed E-state index contributed by atoms with van der Waals surface area (Å²) >= 11 is 0. The molecule has 0 aromatic heterocycles. The molecule has 0 bridgehead atoms. The van der Waals surface area contributed by atoms with E-state index in [1.54, 1.807) is 0 Å². The van der Waals surface area contributed by atoms with Crippen molar-refractivity contribution in [3.05, 3.63) is 151 Å². The molecule has 7 rings (SSSR count). The van der Waals surface area contributed by atoms with Crippen molar-refractivity contribution in [3.8, 4) is 22.3 Å². The van der Waals surface area contributed by atoms with Crippen LogP contribution in [0.25, 0.3) is 33.0 Å². The fourth-order valence-corrected chi connectivity index (χ4v) is 6.85. The minimum Gasteiger partial charge on any atom is -0.310 e. The topological polar surface area (TPSA) is 3.24 Å². The van der Waals surface area contributed by atoms with E-state index in [9.17, 15) is 0 Å². The van der Waals surface area contributed by atoms with Crippen LogP contribution in [0.1, 0.15) is 51.7 Å². The van der Waals surface area contributed by atoms with Crippen molar-refractivity contribution in [2.75, 3.05) is 4.90 Å². The molecule has 0 saturated heterocycles. The van der Waals surface area contributed by atoms with Crippen molar-refractivity contribution >= 4 is 27.8 Å². The second kappa shape index (κ2) is 10.6. The van der Waals surface area contributed by atoms with Crippen LogP contribution in [-0.2, 0) is 10.8 Å². The third-order valence-corrected chi connectivity index (χ3v) is 9.49. The van der Waals surface area contributed by atoms with Gasteiger partial charge in [0.05, 0.1) is 5.69 Å². The molecule has 212 valence electrons. The quantitative estimate of drug-likeness (QED) is 0.204. The van der Waals surface area contributed by atoms with Crippen LogP contribution in [0.3, 0.4) is 0 Å². The molecule has 0 amide bonds. The Morgan fingerprint density at radius 2 is 1.00 bits per heavy atom. The Kier molecular flexibility index (Phi) is 6.70. The fourth-order valence-electron chi connectivity index (χ4n) is 6.85. The highest BCUT2D eigenvalue weighted by Gasteiger charge is 2.37. The minimum atomic E-state index is 0.192. The molecule has 0 heterocycles. The lowest BCUT2D eigenvalue weighted by Crippen LogP contribution is -2.33. The Balaban J connectivity index is 1.35. The van der Waals surface area contributed by atoms with Gasteiger partial charge >= 0.3 is 0 Å². The van der Waals surface area contributed by atoms with Crippen molar-refractivity contribution in [2.45, 2.75) is 51.4 Å². The number of para-hydroxylation sites is 2. The third-order valence-electron chi connectivity index (χ3n) is 9.49. The summed E-state index contributed by atoms with van der Waals surface area (Å²) in [6.45, 7) is 9.62. The molecular formula is C42H39N. The average Bonchev–Trinajstić information content (AvgIpc) is 3.04. The number of hydrogen-bond donors (Lipinski definition) is 0. The molecule has 43 heavy (non-hydrogen) atoms. The predicted octanol–water partition coefficient (Wildman–Crippen LogP) is 12.0. The number of nitrogens with zero attached hydrogens (tertiary/aromatic N) is 1. The molecule has 1 aliphatic rings. The van der Waals surface area contributed by atoms with Crippen molar-refractivity contribution in [1.29, 1.82) is 0 Å². The Hall–Kier alpha value is -4.62. The Morgan fingerprint density at radius 1 is 0.442 bits per heavy atom. The van der Waals surface area contributed by atoms with Crippen LogP contribution in [0.4, 0.5) is 17.1 Å². The highest BCUT2D eigenvalue weighted by Crippen LogP contribution is 2.47. The van der Waals surface area contributed by atoms with E-state index >= 15 is 0 Å². The van der Waals surface area contributed by atoms with E-state index in [4.69, 9.17) is 0 Å². The molecular weight excluding hydrogens is 518 g/mol. The molecule has 0 unspecified atom stereocenters. The number of benzene rings is 6. The van der Waals surface area contributed by atoms with Gasteiger partial charge in [-0.15, -0.1) is 0 Å². The molecule has 0 fully saturated rings. The van der Waals surface area contributed by atoms with Gasteiger partial charge in [0.2, 0.25) is 0 Å². The lowest BCUT2D eigenvalue weighted by atomic mass is 9.63. The molecule has 0 atom stereocenters. The van der Waals surface area contributed by atoms with Crippen LogP contribution in [0.5, 0.6) is 0 Å². The summed E-state index contributed by atoms with van der Waals surface area (Å²) in [6, 6.07) is 51.0.